The van der Waals surface area contributed by atoms with Crippen molar-refractivity contribution in [2.24, 2.45) is 0 Å². The minimum atomic E-state index is -1.15. The van der Waals surface area contributed by atoms with E-state index in [1.54, 1.807) is 31.3 Å². The van der Waals surface area contributed by atoms with Gasteiger partial charge in [-0.05, 0) is 24.6 Å². The Kier molecular flexibility index (Phi) is 2.60. The molecule has 0 bridgehead atoms. The van der Waals surface area contributed by atoms with Crippen LogP contribution in [0.1, 0.15) is 16.1 Å². The van der Waals surface area contributed by atoms with Gasteiger partial charge in [0.1, 0.15) is 5.65 Å². The number of nitrogens with zero attached hydrogens (tertiary/aromatic N) is 3. The molecule has 0 aliphatic heterocycles. The number of rotatable bonds is 2. The molecule has 0 radical (unpaired) electrons. The van der Waals surface area contributed by atoms with Crippen molar-refractivity contribution < 1.29 is 9.90 Å². The number of aromatic carboxylic acids is 1. The minimum Gasteiger partial charge on any atom is -0.476 e. The molecule has 0 aromatic carbocycles. The van der Waals surface area contributed by atoms with Crippen LogP contribution in [0, 0.1) is 6.92 Å². The molecular formula is C13H10N4O3. The quantitative estimate of drug-likeness (QED) is 0.726. The molecule has 0 unspecified atom stereocenters. The fraction of sp³-hybridized carbons (Fsp3) is 0.0769. The average molecular weight is 270 g/mol. The number of carboxylic acids is 1. The molecule has 7 heteroatoms. The summed E-state index contributed by atoms with van der Waals surface area (Å²) in [4.78, 5) is 29.6. The fourth-order valence-electron chi connectivity index (χ4n) is 2.12. The van der Waals surface area contributed by atoms with Crippen LogP contribution in [0.15, 0.2) is 35.3 Å². The molecule has 0 fully saturated rings. The Morgan fingerprint density at radius 1 is 1.40 bits per heavy atom. The first kappa shape index (κ1) is 12.1. The molecule has 3 rings (SSSR count). The predicted octanol–water partition coefficient (Wildman–Crippen LogP) is 1.12. The highest BCUT2D eigenvalue weighted by atomic mass is 16.4. The maximum absolute atomic E-state index is 11.6. The van der Waals surface area contributed by atoms with E-state index in [0.717, 1.165) is 0 Å². The highest BCUT2D eigenvalue weighted by molar-refractivity contribution is 6.01. The summed E-state index contributed by atoms with van der Waals surface area (Å²) in [7, 11) is 0. The van der Waals surface area contributed by atoms with E-state index in [-0.39, 0.29) is 11.3 Å². The third kappa shape index (κ3) is 1.76. The summed E-state index contributed by atoms with van der Waals surface area (Å²) in [5.74, 6) is -0.717. The molecule has 3 aromatic heterocycles. The van der Waals surface area contributed by atoms with Gasteiger partial charge in [0.25, 0.3) is 0 Å². The monoisotopic (exact) mass is 270 g/mol. The van der Waals surface area contributed by atoms with E-state index in [4.69, 9.17) is 0 Å². The summed E-state index contributed by atoms with van der Waals surface area (Å²) < 4.78 is 1.33. The first-order valence-corrected chi connectivity index (χ1v) is 5.85. The number of pyridine rings is 2. The van der Waals surface area contributed by atoms with Gasteiger partial charge >= 0.3 is 5.97 Å². The lowest BCUT2D eigenvalue weighted by Gasteiger charge is -2.01. The Labute approximate surface area is 112 Å². The molecule has 3 aromatic rings. The van der Waals surface area contributed by atoms with E-state index in [1.807, 2.05) is 0 Å². The van der Waals surface area contributed by atoms with Gasteiger partial charge in [-0.25, -0.2) is 9.78 Å². The molecule has 0 atom stereocenters. The number of carbonyl (C=O) groups is 1. The summed E-state index contributed by atoms with van der Waals surface area (Å²) >= 11 is 0. The summed E-state index contributed by atoms with van der Waals surface area (Å²) in [5, 5.41) is 13.7. The van der Waals surface area contributed by atoms with Gasteiger partial charge in [0, 0.05) is 12.3 Å². The van der Waals surface area contributed by atoms with Crippen LogP contribution in [-0.2, 0) is 0 Å². The Morgan fingerprint density at radius 2 is 2.20 bits per heavy atom. The number of aryl methyl sites for hydroxylation is 1. The minimum absolute atomic E-state index is 0.112. The molecule has 3 heterocycles. The number of nitrogens with one attached hydrogen (secondary N) is 1. The van der Waals surface area contributed by atoms with E-state index < -0.39 is 5.97 Å². The molecule has 0 aliphatic rings. The third-order valence-electron chi connectivity index (χ3n) is 2.94. The van der Waals surface area contributed by atoms with Crippen molar-refractivity contribution in [3.05, 3.63) is 52.1 Å². The van der Waals surface area contributed by atoms with Gasteiger partial charge in [0.05, 0.1) is 5.39 Å². The number of fused-ring (bicyclic) bond motifs is 1. The van der Waals surface area contributed by atoms with Crippen LogP contribution in [0.25, 0.3) is 16.9 Å². The molecule has 0 saturated carbocycles. The van der Waals surface area contributed by atoms with Crippen molar-refractivity contribution in [2.75, 3.05) is 0 Å². The van der Waals surface area contributed by atoms with Gasteiger partial charge in [0.15, 0.2) is 11.5 Å². The average Bonchev–Trinajstić information content (AvgIpc) is 2.79. The van der Waals surface area contributed by atoms with E-state index in [9.17, 15) is 14.7 Å². The van der Waals surface area contributed by atoms with E-state index in [1.165, 1.54) is 10.7 Å². The lowest BCUT2D eigenvalue weighted by Crippen LogP contribution is -2.08. The van der Waals surface area contributed by atoms with E-state index >= 15 is 0 Å². The van der Waals surface area contributed by atoms with Crippen LogP contribution in [0.4, 0.5) is 0 Å². The summed E-state index contributed by atoms with van der Waals surface area (Å²) in [6, 6.07) is 6.52. The standard InChI is InChI=1S/C13H10N4O3/c1-7-6-9(18)15-12-10(7)11(13(19)20)16-17(12)8-4-2-3-5-14-8/h2-6H,1H3,(H,15,18)(H,19,20). The normalized spacial score (nSPS) is 10.8. The number of aromatic amines is 1. The third-order valence-corrected chi connectivity index (χ3v) is 2.94. The Balaban J connectivity index is 2.45. The molecule has 2 N–H and O–H groups in total. The van der Waals surface area contributed by atoms with Gasteiger partial charge in [-0.3, -0.25) is 4.79 Å². The zero-order chi connectivity index (χ0) is 14.3. The SMILES string of the molecule is Cc1cc(=O)[nH]c2c1c(C(=O)O)nn2-c1ccccn1. The van der Waals surface area contributed by atoms with E-state index in [0.29, 0.717) is 22.4 Å². The maximum atomic E-state index is 11.6. The lowest BCUT2D eigenvalue weighted by atomic mass is 10.1. The first-order valence-electron chi connectivity index (χ1n) is 5.85. The van der Waals surface area contributed by atoms with E-state index in [2.05, 4.69) is 15.1 Å². The number of H-pyrrole nitrogens is 1. The van der Waals surface area contributed by atoms with Crippen LogP contribution in [0.2, 0.25) is 0 Å². The highest BCUT2D eigenvalue weighted by Gasteiger charge is 2.20. The Bertz CT molecular complexity index is 864. The molecule has 0 spiro atoms. The van der Waals surface area contributed by atoms with Gasteiger partial charge in [0.2, 0.25) is 5.56 Å². The van der Waals surface area contributed by atoms with Crippen LogP contribution in [0.5, 0.6) is 0 Å². The number of carboxylic acid groups (broad SMARTS) is 1. The molecule has 7 nitrogen and oxygen atoms in total. The molecule has 0 saturated heterocycles. The topological polar surface area (TPSA) is 101 Å². The van der Waals surface area contributed by atoms with Crippen molar-refractivity contribution in [1.29, 1.82) is 0 Å². The highest BCUT2D eigenvalue weighted by Crippen LogP contribution is 2.21. The smallest absolute Gasteiger partial charge is 0.357 e. The van der Waals surface area contributed by atoms with Crippen molar-refractivity contribution in [1.82, 2.24) is 19.7 Å². The van der Waals surface area contributed by atoms with Crippen LogP contribution < -0.4 is 5.56 Å². The number of hydrogen-bond acceptors (Lipinski definition) is 4. The second kappa shape index (κ2) is 4.30. The number of hydrogen-bond donors (Lipinski definition) is 2. The van der Waals surface area contributed by atoms with Crippen molar-refractivity contribution >= 4 is 17.0 Å². The number of aromatic nitrogens is 4. The van der Waals surface area contributed by atoms with Crippen molar-refractivity contribution in [3.63, 3.8) is 0 Å². The predicted molar refractivity (Wildman–Crippen MR) is 71.2 cm³/mol. The largest absolute Gasteiger partial charge is 0.476 e. The maximum Gasteiger partial charge on any atom is 0.357 e. The molecule has 0 aliphatic carbocycles. The van der Waals surface area contributed by atoms with Crippen molar-refractivity contribution in [2.45, 2.75) is 6.92 Å². The first-order chi connectivity index (χ1) is 9.58. The second-order valence-corrected chi connectivity index (χ2v) is 4.29. The summed E-state index contributed by atoms with van der Waals surface area (Å²) in [5.41, 5.74) is 0.456. The molecule has 100 valence electrons. The van der Waals surface area contributed by atoms with Gasteiger partial charge in [-0.15, -0.1) is 0 Å². The van der Waals surface area contributed by atoms with Gasteiger partial charge in [-0.1, -0.05) is 6.07 Å². The summed E-state index contributed by atoms with van der Waals surface area (Å²) in [6.45, 7) is 1.68. The van der Waals surface area contributed by atoms with Crippen molar-refractivity contribution in [3.8, 4) is 5.82 Å². The summed E-state index contributed by atoms with van der Waals surface area (Å²) in [6.07, 6.45) is 1.57. The molecular weight excluding hydrogens is 260 g/mol. The van der Waals surface area contributed by atoms with Crippen LogP contribution in [-0.4, -0.2) is 30.8 Å². The fourth-order valence-corrected chi connectivity index (χ4v) is 2.12. The van der Waals surface area contributed by atoms with Crippen LogP contribution in [0.3, 0.4) is 0 Å². The van der Waals surface area contributed by atoms with Crippen LogP contribution >= 0.6 is 0 Å². The van der Waals surface area contributed by atoms with Gasteiger partial charge < -0.3 is 10.1 Å². The molecule has 0 amide bonds. The lowest BCUT2D eigenvalue weighted by molar-refractivity contribution is 0.0692. The Hall–Kier alpha value is -2.96. The molecule has 20 heavy (non-hydrogen) atoms. The Morgan fingerprint density at radius 3 is 2.85 bits per heavy atom. The zero-order valence-corrected chi connectivity index (χ0v) is 10.5. The zero-order valence-electron chi connectivity index (χ0n) is 10.5. The van der Waals surface area contributed by atoms with Gasteiger partial charge in [-0.2, -0.15) is 9.78 Å². The second-order valence-electron chi connectivity index (χ2n) is 4.29.